The van der Waals surface area contributed by atoms with Gasteiger partial charge in [0.1, 0.15) is 24.7 Å². The lowest BCUT2D eigenvalue weighted by Gasteiger charge is -2.28. The number of imidazole rings is 1. The Hall–Kier alpha value is -2.82. The Balaban J connectivity index is 1.30. The van der Waals surface area contributed by atoms with E-state index in [0.717, 1.165) is 34.4 Å². The standard InChI is InChI=1S/C25H29N3O2/c1-17(21-14-18-11-12-19(21)13-18)26-25(29)15-28-23-10-6-5-9-22(23)27-24(28)16-30-20-7-3-2-4-8-20/h2-10,17-19,21H,11-16H2,1H3,(H,26,29). The molecule has 0 saturated heterocycles. The van der Waals surface area contributed by atoms with Crippen LogP contribution in [-0.2, 0) is 17.9 Å². The van der Waals surface area contributed by atoms with Gasteiger partial charge in [-0.05, 0) is 68.2 Å². The summed E-state index contributed by atoms with van der Waals surface area (Å²) in [6.07, 6.45) is 5.35. The van der Waals surface area contributed by atoms with Crippen LogP contribution in [0.2, 0.25) is 0 Å². The molecule has 0 aliphatic heterocycles. The molecule has 0 radical (unpaired) electrons. The smallest absolute Gasteiger partial charge is 0.240 e. The zero-order valence-electron chi connectivity index (χ0n) is 17.5. The molecule has 2 bridgehead atoms. The molecule has 4 atom stereocenters. The molecular weight excluding hydrogens is 374 g/mol. The molecule has 2 aromatic carbocycles. The largest absolute Gasteiger partial charge is 0.486 e. The third kappa shape index (κ3) is 3.81. The zero-order chi connectivity index (χ0) is 20.5. The van der Waals surface area contributed by atoms with Gasteiger partial charge < -0.3 is 14.6 Å². The average Bonchev–Trinajstić information content (AvgIpc) is 3.48. The third-order valence-corrected chi connectivity index (χ3v) is 6.97. The molecule has 0 spiro atoms. The summed E-state index contributed by atoms with van der Waals surface area (Å²) in [6, 6.07) is 17.9. The van der Waals surface area contributed by atoms with E-state index in [1.165, 1.54) is 25.7 Å². The Morgan fingerprint density at radius 3 is 2.70 bits per heavy atom. The summed E-state index contributed by atoms with van der Waals surface area (Å²) in [7, 11) is 0. The zero-order valence-corrected chi connectivity index (χ0v) is 17.5. The second kappa shape index (κ2) is 8.13. The van der Waals surface area contributed by atoms with Crippen LogP contribution in [0.1, 0.15) is 38.4 Å². The summed E-state index contributed by atoms with van der Waals surface area (Å²) in [4.78, 5) is 17.7. The van der Waals surface area contributed by atoms with E-state index in [-0.39, 0.29) is 18.5 Å². The molecule has 1 heterocycles. The van der Waals surface area contributed by atoms with E-state index in [2.05, 4.69) is 12.2 Å². The van der Waals surface area contributed by atoms with Crippen molar-refractivity contribution in [3.8, 4) is 5.75 Å². The second-order valence-corrected chi connectivity index (χ2v) is 8.90. The molecule has 2 fully saturated rings. The molecule has 1 N–H and O–H groups in total. The SMILES string of the molecule is CC(NC(=O)Cn1c(COc2ccccc2)nc2ccccc21)C1CC2CCC1C2. The van der Waals surface area contributed by atoms with Crippen LogP contribution in [0.5, 0.6) is 5.75 Å². The minimum Gasteiger partial charge on any atom is -0.486 e. The van der Waals surface area contributed by atoms with E-state index in [0.29, 0.717) is 12.5 Å². The molecule has 4 unspecified atom stereocenters. The predicted octanol–water partition coefficient (Wildman–Crippen LogP) is 4.56. The minimum absolute atomic E-state index is 0.0504. The monoisotopic (exact) mass is 403 g/mol. The van der Waals surface area contributed by atoms with Gasteiger partial charge in [-0.15, -0.1) is 0 Å². The van der Waals surface area contributed by atoms with Crippen molar-refractivity contribution in [1.29, 1.82) is 0 Å². The van der Waals surface area contributed by atoms with Gasteiger partial charge in [0.2, 0.25) is 5.91 Å². The van der Waals surface area contributed by atoms with Crippen LogP contribution in [0.3, 0.4) is 0 Å². The quantitative estimate of drug-likeness (QED) is 0.629. The summed E-state index contributed by atoms with van der Waals surface area (Å²) >= 11 is 0. The van der Waals surface area contributed by atoms with E-state index >= 15 is 0 Å². The van der Waals surface area contributed by atoms with Crippen LogP contribution in [-0.4, -0.2) is 21.5 Å². The number of rotatable bonds is 7. The lowest BCUT2D eigenvalue weighted by molar-refractivity contribution is -0.122. The van der Waals surface area contributed by atoms with Gasteiger partial charge in [0.25, 0.3) is 0 Å². The van der Waals surface area contributed by atoms with Crippen LogP contribution in [0.15, 0.2) is 54.6 Å². The number of aromatic nitrogens is 2. The van der Waals surface area contributed by atoms with Crippen molar-refractivity contribution in [1.82, 2.24) is 14.9 Å². The predicted molar refractivity (Wildman–Crippen MR) is 117 cm³/mol. The molecule has 5 rings (SSSR count). The Morgan fingerprint density at radius 2 is 1.93 bits per heavy atom. The summed E-state index contributed by atoms with van der Waals surface area (Å²) < 4.78 is 7.91. The van der Waals surface area contributed by atoms with Gasteiger partial charge in [-0.3, -0.25) is 4.79 Å². The highest BCUT2D eigenvalue weighted by Gasteiger charge is 2.42. The summed E-state index contributed by atoms with van der Waals surface area (Å²) in [5, 5.41) is 3.28. The molecule has 2 saturated carbocycles. The van der Waals surface area contributed by atoms with Crippen LogP contribution in [0, 0.1) is 17.8 Å². The number of nitrogens with zero attached hydrogens (tertiary/aromatic N) is 2. The van der Waals surface area contributed by atoms with Crippen LogP contribution in [0.25, 0.3) is 11.0 Å². The first kappa shape index (κ1) is 19.2. The molecule has 2 aliphatic rings. The van der Waals surface area contributed by atoms with Gasteiger partial charge in [-0.25, -0.2) is 4.98 Å². The number of carbonyl (C=O) groups excluding carboxylic acids is 1. The first-order valence-corrected chi connectivity index (χ1v) is 11.1. The normalized spacial score (nSPS) is 23.6. The number of carbonyl (C=O) groups is 1. The van der Waals surface area contributed by atoms with Crippen molar-refractivity contribution in [2.24, 2.45) is 17.8 Å². The summed E-state index contributed by atoms with van der Waals surface area (Å²) in [6.45, 7) is 2.77. The Bertz CT molecular complexity index is 1030. The highest BCUT2D eigenvalue weighted by Crippen LogP contribution is 2.49. The molecule has 3 aromatic rings. The fourth-order valence-electron chi connectivity index (χ4n) is 5.53. The minimum atomic E-state index is 0.0504. The van der Waals surface area contributed by atoms with Gasteiger partial charge in [-0.1, -0.05) is 36.8 Å². The Morgan fingerprint density at radius 1 is 1.13 bits per heavy atom. The summed E-state index contributed by atoms with van der Waals surface area (Å²) in [5.41, 5.74) is 1.85. The van der Waals surface area contributed by atoms with Crippen molar-refractivity contribution in [3.63, 3.8) is 0 Å². The lowest BCUT2D eigenvalue weighted by Crippen LogP contribution is -2.41. The number of fused-ring (bicyclic) bond motifs is 3. The topological polar surface area (TPSA) is 56.2 Å². The molecule has 30 heavy (non-hydrogen) atoms. The number of para-hydroxylation sites is 3. The van der Waals surface area contributed by atoms with Gasteiger partial charge in [0, 0.05) is 6.04 Å². The third-order valence-electron chi connectivity index (χ3n) is 6.97. The first-order valence-electron chi connectivity index (χ1n) is 11.1. The Kier molecular flexibility index (Phi) is 5.19. The molecular formula is C25H29N3O2. The highest BCUT2D eigenvalue weighted by molar-refractivity contribution is 5.81. The number of ether oxygens (including phenoxy) is 1. The van der Waals surface area contributed by atoms with E-state index < -0.39 is 0 Å². The van der Waals surface area contributed by atoms with Crippen LogP contribution >= 0.6 is 0 Å². The van der Waals surface area contributed by atoms with Gasteiger partial charge in [-0.2, -0.15) is 0 Å². The fourth-order valence-corrected chi connectivity index (χ4v) is 5.53. The maximum absolute atomic E-state index is 13.0. The molecule has 2 aliphatic carbocycles. The fraction of sp³-hybridized carbons (Fsp3) is 0.440. The molecule has 1 aromatic heterocycles. The number of nitrogens with one attached hydrogen (secondary N) is 1. The van der Waals surface area contributed by atoms with E-state index in [1.807, 2.05) is 59.2 Å². The Labute approximate surface area is 177 Å². The number of benzene rings is 2. The number of hydrogen-bond acceptors (Lipinski definition) is 3. The molecule has 1 amide bonds. The van der Waals surface area contributed by atoms with Gasteiger partial charge in [0.15, 0.2) is 0 Å². The molecule has 156 valence electrons. The van der Waals surface area contributed by atoms with Crippen molar-refractivity contribution < 1.29 is 9.53 Å². The van der Waals surface area contributed by atoms with Crippen LogP contribution < -0.4 is 10.1 Å². The second-order valence-electron chi connectivity index (χ2n) is 8.90. The van der Waals surface area contributed by atoms with E-state index in [1.54, 1.807) is 0 Å². The maximum atomic E-state index is 13.0. The van der Waals surface area contributed by atoms with E-state index in [4.69, 9.17) is 9.72 Å². The van der Waals surface area contributed by atoms with E-state index in [9.17, 15) is 4.79 Å². The lowest BCUT2D eigenvalue weighted by atomic mass is 9.84. The number of amides is 1. The molecule has 5 nitrogen and oxygen atoms in total. The van der Waals surface area contributed by atoms with Crippen molar-refractivity contribution >= 4 is 16.9 Å². The average molecular weight is 404 g/mol. The summed E-state index contributed by atoms with van der Waals surface area (Å²) in [5.74, 6) is 3.93. The van der Waals surface area contributed by atoms with Crippen molar-refractivity contribution in [3.05, 3.63) is 60.4 Å². The maximum Gasteiger partial charge on any atom is 0.240 e. The van der Waals surface area contributed by atoms with Crippen LogP contribution in [0.4, 0.5) is 0 Å². The van der Waals surface area contributed by atoms with Gasteiger partial charge >= 0.3 is 0 Å². The number of hydrogen-bond donors (Lipinski definition) is 1. The van der Waals surface area contributed by atoms with Gasteiger partial charge in [0.05, 0.1) is 11.0 Å². The first-order chi connectivity index (χ1) is 14.7. The van der Waals surface area contributed by atoms with Crippen molar-refractivity contribution in [2.75, 3.05) is 0 Å². The van der Waals surface area contributed by atoms with Crippen molar-refractivity contribution in [2.45, 2.75) is 51.8 Å². The highest BCUT2D eigenvalue weighted by atomic mass is 16.5. The molecule has 5 heteroatoms.